The van der Waals surface area contributed by atoms with Gasteiger partial charge in [0.05, 0.1) is 12.6 Å². The van der Waals surface area contributed by atoms with Crippen LogP contribution in [0.4, 0.5) is 0 Å². The lowest BCUT2D eigenvalue weighted by molar-refractivity contribution is -0.139. The second-order valence-electron chi connectivity index (χ2n) is 7.78. The number of benzene rings is 2. The van der Waals surface area contributed by atoms with Crippen LogP contribution < -0.4 is 4.74 Å². The van der Waals surface area contributed by atoms with E-state index in [1.807, 2.05) is 59.5 Å². The zero-order valence-corrected chi connectivity index (χ0v) is 16.9. The molecule has 0 saturated carbocycles. The van der Waals surface area contributed by atoms with Crippen LogP contribution in [0.3, 0.4) is 0 Å². The highest BCUT2D eigenvalue weighted by molar-refractivity contribution is 5.77. The molecular weight excluding hydrogens is 364 g/mol. The van der Waals surface area contributed by atoms with Crippen molar-refractivity contribution in [1.29, 1.82) is 0 Å². The Balaban J connectivity index is 1.59. The molecule has 0 N–H and O–H groups in total. The Hall–Kier alpha value is -2.63. The summed E-state index contributed by atoms with van der Waals surface area (Å²) in [4.78, 5) is 20.8. The predicted molar refractivity (Wildman–Crippen MR) is 112 cm³/mol. The molecule has 2 fully saturated rings. The van der Waals surface area contributed by atoms with Crippen LogP contribution >= 0.6 is 0 Å². The van der Waals surface area contributed by atoms with E-state index >= 15 is 0 Å². The zero-order chi connectivity index (χ0) is 20.2. The monoisotopic (exact) mass is 392 g/mol. The van der Waals surface area contributed by atoms with Crippen molar-refractivity contribution in [1.82, 2.24) is 9.96 Å². The van der Waals surface area contributed by atoms with Gasteiger partial charge in [-0.2, -0.15) is 5.06 Å². The van der Waals surface area contributed by atoms with Crippen molar-refractivity contribution in [2.75, 3.05) is 20.2 Å². The molecule has 0 aliphatic carbocycles. The molecule has 0 unspecified atom stereocenters. The maximum atomic E-state index is 13.0. The summed E-state index contributed by atoms with van der Waals surface area (Å²) < 4.78 is 6.03. The van der Waals surface area contributed by atoms with Crippen molar-refractivity contribution >= 4 is 5.91 Å². The Bertz CT molecular complexity index is 854. The Morgan fingerprint density at radius 1 is 1.21 bits per heavy atom. The third-order valence-electron chi connectivity index (χ3n) is 5.88. The highest BCUT2D eigenvalue weighted by Crippen LogP contribution is 2.40. The normalized spacial score (nSPS) is 24.2. The SMILES string of the molecule is C=CCCC(=O)N1C[C@H]2CON(C)[C@H]2C[C@H]1c1cccc(Oc2ccccc2)c1. The molecule has 0 spiro atoms. The van der Waals surface area contributed by atoms with Crippen LogP contribution in [0.5, 0.6) is 11.5 Å². The number of para-hydroxylation sites is 1. The number of hydrogen-bond donors (Lipinski definition) is 0. The lowest BCUT2D eigenvalue weighted by Gasteiger charge is -2.42. The molecule has 2 aliphatic heterocycles. The summed E-state index contributed by atoms with van der Waals surface area (Å²) in [6.07, 6.45) is 3.86. The van der Waals surface area contributed by atoms with Crippen molar-refractivity contribution in [2.24, 2.45) is 5.92 Å². The number of hydrogen-bond acceptors (Lipinski definition) is 4. The van der Waals surface area contributed by atoms with E-state index in [-0.39, 0.29) is 11.9 Å². The van der Waals surface area contributed by atoms with E-state index in [1.54, 1.807) is 6.08 Å². The van der Waals surface area contributed by atoms with Gasteiger partial charge >= 0.3 is 0 Å². The average molecular weight is 392 g/mol. The minimum Gasteiger partial charge on any atom is -0.457 e. The molecule has 29 heavy (non-hydrogen) atoms. The summed E-state index contributed by atoms with van der Waals surface area (Å²) >= 11 is 0. The summed E-state index contributed by atoms with van der Waals surface area (Å²) in [5, 5.41) is 1.97. The summed E-state index contributed by atoms with van der Waals surface area (Å²) in [5.74, 6) is 2.12. The van der Waals surface area contributed by atoms with Gasteiger partial charge < -0.3 is 9.64 Å². The van der Waals surface area contributed by atoms with Gasteiger partial charge in [0.1, 0.15) is 11.5 Å². The van der Waals surface area contributed by atoms with Crippen LogP contribution in [0.2, 0.25) is 0 Å². The number of amides is 1. The predicted octanol–water partition coefficient (Wildman–Crippen LogP) is 4.58. The lowest BCUT2D eigenvalue weighted by atomic mass is 9.85. The van der Waals surface area contributed by atoms with Crippen molar-refractivity contribution in [3.8, 4) is 11.5 Å². The van der Waals surface area contributed by atoms with Crippen LogP contribution in [0.25, 0.3) is 0 Å². The first-order valence-electron chi connectivity index (χ1n) is 10.2. The summed E-state index contributed by atoms with van der Waals surface area (Å²) in [5.41, 5.74) is 1.10. The number of rotatable bonds is 6. The van der Waals surface area contributed by atoms with Gasteiger partial charge in [-0.1, -0.05) is 36.4 Å². The standard InChI is InChI=1S/C24H28N2O3/c1-3-4-13-24(27)26-16-19-17-28-25(2)22(19)15-23(26)18-9-8-12-21(14-18)29-20-10-6-5-7-11-20/h3,5-12,14,19,22-23H,1,4,13,15-17H2,2H3/t19-,22-,23-/m0/s1. The molecule has 2 heterocycles. The number of carbonyl (C=O) groups excluding carboxylic acids is 1. The third-order valence-corrected chi connectivity index (χ3v) is 5.88. The first-order valence-corrected chi connectivity index (χ1v) is 10.2. The maximum Gasteiger partial charge on any atom is 0.223 e. The number of ether oxygens (including phenoxy) is 1. The summed E-state index contributed by atoms with van der Waals surface area (Å²) in [6, 6.07) is 18.2. The molecule has 0 bridgehead atoms. The highest BCUT2D eigenvalue weighted by Gasteiger charge is 2.44. The fraction of sp³-hybridized carbons (Fsp3) is 0.375. The van der Waals surface area contributed by atoms with E-state index < -0.39 is 0 Å². The zero-order valence-electron chi connectivity index (χ0n) is 16.9. The number of likely N-dealkylation sites (tertiary alicyclic amines) is 1. The van der Waals surface area contributed by atoms with E-state index in [4.69, 9.17) is 9.57 Å². The molecule has 0 radical (unpaired) electrons. The quantitative estimate of drug-likeness (QED) is 0.675. The molecule has 1 amide bonds. The first-order chi connectivity index (χ1) is 14.2. The van der Waals surface area contributed by atoms with E-state index in [9.17, 15) is 4.79 Å². The molecule has 3 atom stereocenters. The fourth-order valence-electron chi connectivity index (χ4n) is 4.34. The summed E-state index contributed by atoms with van der Waals surface area (Å²) in [7, 11) is 1.99. The maximum absolute atomic E-state index is 13.0. The molecule has 2 aliphatic rings. The minimum absolute atomic E-state index is 0.0111. The van der Waals surface area contributed by atoms with Gasteiger partial charge in [0.25, 0.3) is 0 Å². The van der Waals surface area contributed by atoms with E-state index in [0.29, 0.717) is 31.4 Å². The molecule has 5 nitrogen and oxygen atoms in total. The van der Waals surface area contributed by atoms with Crippen molar-refractivity contribution in [3.63, 3.8) is 0 Å². The Morgan fingerprint density at radius 2 is 2.00 bits per heavy atom. The molecule has 2 aromatic rings. The van der Waals surface area contributed by atoms with E-state index in [0.717, 1.165) is 30.0 Å². The number of carbonyl (C=O) groups is 1. The van der Waals surface area contributed by atoms with Gasteiger partial charge in [0.2, 0.25) is 5.91 Å². The van der Waals surface area contributed by atoms with E-state index in [1.165, 1.54) is 0 Å². The van der Waals surface area contributed by atoms with Crippen LogP contribution in [0.1, 0.15) is 30.9 Å². The van der Waals surface area contributed by atoms with Gasteiger partial charge in [-0.05, 0) is 42.7 Å². The largest absolute Gasteiger partial charge is 0.457 e. The van der Waals surface area contributed by atoms with Gasteiger partial charge in [-0.15, -0.1) is 6.58 Å². The molecular formula is C24H28N2O3. The minimum atomic E-state index is 0.0111. The Labute approximate surface area is 172 Å². The van der Waals surface area contributed by atoms with Gasteiger partial charge in [0.15, 0.2) is 0 Å². The van der Waals surface area contributed by atoms with Crippen LogP contribution in [-0.2, 0) is 9.63 Å². The third kappa shape index (κ3) is 4.36. The van der Waals surface area contributed by atoms with Crippen molar-refractivity contribution in [3.05, 3.63) is 72.8 Å². The van der Waals surface area contributed by atoms with Crippen LogP contribution in [-0.4, -0.2) is 42.1 Å². The summed E-state index contributed by atoms with van der Waals surface area (Å²) in [6.45, 7) is 5.15. The second kappa shape index (κ2) is 8.80. The molecule has 0 aromatic heterocycles. The molecule has 2 aromatic carbocycles. The lowest BCUT2D eigenvalue weighted by Crippen LogP contribution is -2.49. The van der Waals surface area contributed by atoms with Gasteiger partial charge in [-0.3, -0.25) is 9.63 Å². The Kier molecular flexibility index (Phi) is 5.97. The van der Waals surface area contributed by atoms with Crippen molar-refractivity contribution in [2.45, 2.75) is 31.3 Å². The fourth-order valence-corrected chi connectivity index (χ4v) is 4.34. The first kappa shape index (κ1) is 19.7. The highest BCUT2D eigenvalue weighted by atomic mass is 16.7. The molecule has 2 saturated heterocycles. The number of hydroxylamine groups is 2. The van der Waals surface area contributed by atoms with Gasteiger partial charge in [-0.25, -0.2) is 0 Å². The smallest absolute Gasteiger partial charge is 0.223 e. The number of fused-ring (bicyclic) bond motifs is 1. The number of nitrogens with zero attached hydrogens (tertiary/aromatic N) is 2. The second-order valence-corrected chi connectivity index (χ2v) is 7.78. The topological polar surface area (TPSA) is 42.0 Å². The van der Waals surface area contributed by atoms with Gasteiger partial charge in [0, 0.05) is 32.0 Å². The van der Waals surface area contributed by atoms with E-state index in [2.05, 4.69) is 18.7 Å². The molecule has 5 heteroatoms. The van der Waals surface area contributed by atoms with Crippen molar-refractivity contribution < 1.29 is 14.4 Å². The van der Waals surface area contributed by atoms with Crippen LogP contribution in [0.15, 0.2) is 67.3 Å². The number of allylic oxidation sites excluding steroid dienone is 1. The molecule has 152 valence electrons. The van der Waals surface area contributed by atoms with Crippen LogP contribution in [0, 0.1) is 5.92 Å². The molecule has 4 rings (SSSR count). The number of piperidine rings is 1. The average Bonchev–Trinajstić information content (AvgIpc) is 3.12. The Morgan fingerprint density at radius 3 is 2.79 bits per heavy atom.